The molecule has 0 saturated carbocycles. The van der Waals surface area contributed by atoms with E-state index in [2.05, 4.69) is 0 Å². The van der Waals surface area contributed by atoms with E-state index in [1.165, 1.54) is 0 Å². The molecule has 0 aromatic rings. The zero-order valence-corrected chi connectivity index (χ0v) is 6.92. The monoisotopic (exact) mass is 188 g/mol. The first-order valence-electron chi connectivity index (χ1n) is 4.15. The topological polar surface area (TPSA) is 90.2 Å². The van der Waals surface area contributed by atoms with Crippen LogP contribution in [0, 0.1) is 0 Å². The van der Waals surface area contributed by atoms with E-state index in [1.807, 2.05) is 0 Å². The zero-order chi connectivity index (χ0) is 9.59. The first-order chi connectivity index (χ1) is 6.20. The van der Waals surface area contributed by atoms with Gasteiger partial charge in [-0.1, -0.05) is 0 Å². The average Bonchev–Trinajstić information content (AvgIpc) is 2.63. The number of hydrogen-bond donors (Lipinski definition) is 4. The minimum absolute atomic E-state index is 0.249. The molecule has 1 fully saturated rings. The van der Waals surface area contributed by atoms with E-state index in [4.69, 9.17) is 14.9 Å². The predicted molar refractivity (Wildman–Crippen MR) is 41.9 cm³/mol. The fourth-order valence-electron chi connectivity index (χ4n) is 2.00. The molecule has 13 heavy (non-hydrogen) atoms. The minimum Gasteiger partial charge on any atom is -0.392 e. The number of fused-ring (bicyclic) bond motifs is 2. The second-order valence-corrected chi connectivity index (χ2v) is 3.33. The quantitative estimate of drug-likeness (QED) is 0.368. The SMILES string of the molecule is OCC1=C(CO)[C@@H]2O[C@H]1[C@@H](O)[C@H]2O. The Bertz CT molecular complexity index is 225. The van der Waals surface area contributed by atoms with E-state index < -0.39 is 24.4 Å². The van der Waals surface area contributed by atoms with Gasteiger partial charge in [-0.15, -0.1) is 0 Å². The lowest BCUT2D eigenvalue weighted by Crippen LogP contribution is -2.39. The van der Waals surface area contributed by atoms with Crippen LogP contribution in [-0.4, -0.2) is 58.1 Å². The van der Waals surface area contributed by atoms with Crippen LogP contribution in [-0.2, 0) is 4.74 Å². The molecule has 2 bridgehead atoms. The molecule has 74 valence electrons. The number of rotatable bonds is 2. The van der Waals surface area contributed by atoms with Crippen molar-refractivity contribution < 1.29 is 25.2 Å². The second kappa shape index (κ2) is 3.04. The third kappa shape index (κ3) is 1.06. The van der Waals surface area contributed by atoms with Crippen molar-refractivity contribution in [2.75, 3.05) is 13.2 Å². The molecule has 0 aromatic carbocycles. The summed E-state index contributed by atoms with van der Waals surface area (Å²) in [5.74, 6) is 0. The van der Waals surface area contributed by atoms with Gasteiger partial charge in [0.1, 0.15) is 24.4 Å². The van der Waals surface area contributed by atoms with Gasteiger partial charge in [-0.3, -0.25) is 0 Å². The second-order valence-electron chi connectivity index (χ2n) is 3.33. The summed E-state index contributed by atoms with van der Waals surface area (Å²) in [6.45, 7) is -0.498. The predicted octanol–water partition coefficient (Wildman–Crippen LogP) is -2.23. The van der Waals surface area contributed by atoms with E-state index in [0.717, 1.165) is 0 Å². The number of hydrogen-bond acceptors (Lipinski definition) is 5. The molecule has 0 aliphatic carbocycles. The third-order valence-electron chi connectivity index (χ3n) is 2.70. The first kappa shape index (κ1) is 9.11. The summed E-state index contributed by atoms with van der Waals surface area (Å²) < 4.78 is 5.21. The summed E-state index contributed by atoms with van der Waals surface area (Å²) in [4.78, 5) is 0. The van der Waals surface area contributed by atoms with Gasteiger partial charge in [0.25, 0.3) is 0 Å². The molecular formula is C8H12O5. The fraction of sp³-hybridized carbons (Fsp3) is 0.750. The molecule has 0 aromatic heterocycles. The summed E-state index contributed by atoms with van der Waals surface area (Å²) in [6, 6.07) is 0. The van der Waals surface area contributed by atoms with Gasteiger partial charge >= 0.3 is 0 Å². The van der Waals surface area contributed by atoms with Crippen LogP contribution < -0.4 is 0 Å². The van der Waals surface area contributed by atoms with E-state index >= 15 is 0 Å². The molecular weight excluding hydrogens is 176 g/mol. The van der Waals surface area contributed by atoms with Crippen LogP contribution in [0.25, 0.3) is 0 Å². The molecule has 2 rings (SSSR count). The Labute approximate surface area is 74.9 Å². The summed E-state index contributed by atoms with van der Waals surface area (Å²) in [6.07, 6.45) is -3.26. The maximum Gasteiger partial charge on any atom is 0.113 e. The molecule has 2 aliphatic rings. The van der Waals surface area contributed by atoms with Crippen molar-refractivity contribution in [1.82, 2.24) is 0 Å². The van der Waals surface area contributed by atoms with Crippen LogP contribution in [0.4, 0.5) is 0 Å². The van der Waals surface area contributed by atoms with Crippen molar-refractivity contribution >= 4 is 0 Å². The minimum atomic E-state index is -0.984. The first-order valence-corrected chi connectivity index (χ1v) is 4.15. The summed E-state index contributed by atoms with van der Waals surface area (Å²) in [5.41, 5.74) is 1.01. The van der Waals surface area contributed by atoms with Gasteiger partial charge < -0.3 is 25.2 Å². The van der Waals surface area contributed by atoms with E-state index in [-0.39, 0.29) is 13.2 Å². The molecule has 2 heterocycles. The molecule has 4 atom stereocenters. The summed E-state index contributed by atoms with van der Waals surface area (Å²) >= 11 is 0. The maximum atomic E-state index is 9.40. The normalized spacial score (nSPS) is 43.4. The van der Waals surface area contributed by atoms with Gasteiger partial charge in [-0.05, 0) is 11.1 Å². The van der Waals surface area contributed by atoms with Gasteiger partial charge in [0.05, 0.1) is 13.2 Å². The number of aliphatic hydroxyl groups excluding tert-OH is 4. The van der Waals surface area contributed by atoms with Gasteiger partial charge in [0, 0.05) is 0 Å². The average molecular weight is 188 g/mol. The van der Waals surface area contributed by atoms with Crippen molar-refractivity contribution in [3.63, 3.8) is 0 Å². The van der Waals surface area contributed by atoms with E-state index in [1.54, 1.807) is 0 Å². The Morgan fingerprint density at radius 3 is 1.62 bits per heavy atom. The summed E-state index contributed by atoms with van der Waals surface area (Å²) in [7, 11) is 0. The highest BCUT2D eigenvalue weighted by Gasteiger charge is 2.52. The van der Waals surface area contributed by atoms with Crippen LogP contribution in [0.3, 0.4) is 0 Å². The van der Waals surface area contributed by atoms with Crippen LogP contribution in [0.2, 0.25) is 0 Å². The largest absolute Gasteiger partial charge is 0.392 e. The van der Waals surface area contributed by atoms with Crippen molar-refractivity contribution in [2.24, 2.45) is 0 Å². The standard InChI is InChI=1S/C8H12O5/c9-1-3-4(2-10)8-6(12)5(11)7(3)13-8/h5-12H,1-2H2/t5-,6+,7+,8-. The van der Waals surface area contributed by atoms with E-state index in [0.29, 0.717) is 11.1 Å². The van der Waals surface area contributed by atoms with Gasteiger partial charge in [-0.2, -0.15) is 0 Å². The summed E-state index contributed by atoms with van der Waals surface area (Å²) in [5, 5.41) is 36.7. The molecule has 0 unspecified atom stereocenters. The van der Waals surface area contributed by atoms with Crippen molar-refractivity contribution in [1.29, 1.82) is 0 Å². The molecule has 0 radical (unpaired) electrons. The molecule has 0 amide bonds. The lowest BCUT2D eigenvalue weighted by molar-refractivity contribution is 0.0277. The Morgan fingerprint density at radius 2 is 1.31 bits per heavy atom. The Morgan fingerprint density at radius 1 is 0.923 bits per heavy atom. The Balaban J connectivity index is 2.33. The van der Waals surface area contributed by atoms with Crippen LogP contribution in [0.1, 0.15) is 0 Å². The van der Waals surface area contributed by atoms with Gasteiger partial charge in [0.15, 0.2) is 0 Å². The fourth-order valence-corrected chi connectivity index (χ4v) is 2.00. The number of aliphatic hydroxyl groups is 4. The van der Waals surface area contributed by atoms with Crippen LogP contribution in [0.5, 0.6) is 0 Å². The van der Waals surface area contributed by atoms with Crippen molar-refractivity contribution in [3.8, 4) is 0 Å². The molecule has 5 heteroatoms. The maximum absolute atomic E-state index is 9.40. The smallest absolute Gasteiger partial charge is 0.113 e. The Hall–Kier alpha value is -0.460. The molecule has 0 spiro atoms. The highest BCUT2D eigenvalue weighted by atomic mass is 16.5. The highest BCUT2D eigenvalue weighted by Crippen LogP contribution is 2.39. The lowest BCUT2D eigenvalue weighted by Gasteiger charge is -2.22. The Kier molecular flexibility index (Phi) is 2.13. The van der Waals surface area contributed by atoms with Crippen LogP contribution >= 0.6 is 0 Å². The molecule has 4 N–H and O–H groups in total. The molecule has 5 nitrogen and oxygen atoms in total. The number of ether oxygens (including phenoxy) is 1. The van der Waals surface area contributed by atoms with Crippen molar-refractivity contribution in [3.05, 3.63) is 11.1 Å². The van der Waals surface area contributed by atoms with Crippen LogP contribution in [0.15, 0.2) is 11.1 Å². The molecule has 1 saturated heterocycles. The zero-order valence-electron chi connectivity index (χ0n) is 6.92. The van der Waals surface area contributed by atoms with Gasteiger partial charge in [0.2, 0.25) is 0 Å². The van der Waals surface area contributed by atoms with E-state index in [9.17, 15) is 10.2 Å². The van der Waals surface area contributed by atoms with Gasteiger partial charge in [-0.25, -0.2) is 0 Å². The third-order valence-corrected chi connectivity index (χ3v) is 2.70. The van der Waals surface area contributed by atoms with Crippen molar-refractivity contribution in [2.45, 2.75) is 24.4 Å². The lowest BCUT2D eigenvalue weighted by atomic mass is 9.88. The highest BCUT2D eigenvalue weighted by molar-refractivity contribution is 5.35. The molecule has 2 aliphatic heterocycles.